The number of aromatic nitrogens is 1. The molecular formula is C20H25N3OS. The zero-order valence-electron chi connectivity index (χ0n) is 14.8. The monoisotopic (exact) mass is 355 g/mol. The van der Waals surface area contributed by atoms with Gasteiger partial charge in [-0.15, -0.1) is 11.3 Å². The molecule has 0 radical (unpaired) electrons. The van der Waals surface area contributed by atoms with Gasteiger partial charge in [0, 0.05) is 23.0 Å². The van der Waals surface area contributed by atoms with Crippen molar-refractivity contribution in [3.05, 3.63) is 51.0 Å². The highest BCUT2D eigenvalue weighted by molar-refractivity contribution is 7.11. The Kier molecular flexibility index (Phi) is 4.61. The first kappa shape index (κ1) is 16.7. The van der Waals surface area contributed by atoms with Crippen LogP contribution in [0.15, 0.2) is 24.3 Å². The summed E-state index contributed by atoms with van der Waals surface area (Å²) in [4.78, 5) is 17.9. The second kappa shape index (κ2) is 6.89. The van der Waals surface area contributed by atoms with Gasteiger partial charge in [0.1, 0.15) is 0 Å². The van der Waals surface area contributed by atoms with Gasteiger partial charge in [-0.25, -0.2) is 4.98 Å². The summed E-state index contributed by atoms with van der Waals surface area (Å²) in [5.41, 5.74) is 3.93. The third-order valence-corrected chi connectivity index (χ3v) is 6.52. The molecule has 1 saturated carbocycles. The molecule has 2 aliphatic carbocycles. The maximum Gasteiger partial charge on any atom is 0.225 e. The van der Waals surface area contributed by atoms with Gasteiger partial charge in [-0.1, -0.05) is 24.3 Å². The Bertz CT molecular complexity index is 760. The number of aryl methyl sites for hydroxylation is 2. The molecule has 1 aromatic heterocycles. The molecular weight excluding hydrogens is 330 g/mol. The van der Waals surface area contributed by atoms with E-state index in [2.05, 4.69) is 39.9 Å². The Hall–Kier alpha value is -1.72. The fourth-order valence-corrected chi connectivity index (χ4v) is 4.93. The predicted molar refractivity (Wildman–Crippen MR) is 101 cm³/mol. The number of benzene rings is 1. The van der Waals surface area contributed by atoms with E-state index in [4.69, 9.17) is 0 Å². The van der Waals surface area contributed by atoms with E-state index in [0.29, 0.717) is 18.5 Å². The first-order valence-corrected chi connectivity index (χ1v) is 9.95. The number of carbonyl (C=O) groups is 1. The van der Waals surface area contributed by atoms with Crippen molar-refractivity contribution in [1.82, 2.24) is 15.6 Å². The molecule has 4 nitrogen and oxygen atoms in total. The Labute approximate surface area is 153 Å². The Morgan fingerprint density at radius 1 is 1.16 bits per heavy atom. The largest absolute Gasteiger partial charge is 0.351 e. The summed E-state index contributed by atoms with van der Waals surface area (Å²) in [5, 5.41) is 8.03. The molecule has 132 valence electrons. The van der Waals surface area contributed by atoms with Crippen molar-refractivity contribution in [1.29, 1.82) is 0 Å². The molecule has 1 amide bonds. The van der Waals surface area contributed by atoms with E-state index in [0.717, 1.165) is 41.3 Å². The number of rotatable bonds is 5. The number of amides is 1. The highest BCUT2D eigenvalue weighted by Gasteiger charge is 2.34. The lowest BCUT2D eigenvalue weighted by Gasteiger charge is -2.39. The van der Waals surface area contributed by atoms with Gasteiger partial charge in [-0.2, -0.15) is 0 Å². The Morgan fingerprint density at radius 3 is 2.40 bits per heavy atom. The molecule has 0 bridgehead atoms. The van der Waals surface area contributed by atoms with E-state index < -0.39 is 0 Å². The second-order valence-electron chi connectivity index (χ2n) is 7.32. The van der Waals surface area contributed by atoms with Crippen LogP contribution in [0.25, 0.3) is 0 Å². The minimum Gasteiger partial charge on any atom is -0.351 e. The van der Waals surface area contributed by atoms with E-state index in [9.17, 15) is 4.79 Å². The highest BCUT2D eigenvalue weighted by Crippen LogP contribution is 2.26. The normalized spacial score (nSPS) is 22.5. The van der Waals surface area contributed by atoms with E-state index in [1.54, 1.807) is 11.3 Å². The van der Waals surface area contributed by atoms with Crippen LogP contribution in [-0.2, 0) is 24.1 Å². The van der Waals surface area contributed by atoms with Crippen molar-refractivity contribution in [3.63, 3.8) is 0 Å². The molecule has 2 aliphatic rings. The van der Waals surface area contributed by atoms with Gasteiger partial charge < -0.3 is 10.6 Å². The maximum absolute atomic E-state index is 12.4. The average Bonchev–Trinajstić information content (AvgIpc) is 3.11. The van der Waals surface area contributed by atoms with Crippen molar-refractivity contribution < 1.29 is 4.79 Å². The van der Waals surface area contributed by atoms with Crippen LogP contribution in [-0.4, -0.2) is 29.0 Å². The quantitative estimate of drug-likeness (QED) is 0.867. The van der Waals surface area contributed by atoms with Gasteiger partial charge in [0.05, 0.1) is 17.1 Å². The number of nitrogens with zero attached hydrogens (tertiary/aromatic N) is 1. The van der Waals surface area contributed by atoms with Crippen LogP contribution in [0, 0.1) is 13.8 Å². The zero-order chi connectivity index (χ0) is 17.4. The maximum atomic E-state index is 12.4. The summed E-state index contributed by atoms with van der Waals surface area (Å²) < 4.78 is 0. The number of thiazole rings is 1. The molecule has 5 heteroatoms. The number of fused-ring (bicyclic) bond motifs is 1. The van der Waals surface area contributed by atoms with Crippen molar-refractivity contribution >= 4 is 17.2 Å². The van der Waals surface area contributed by atoms with Gasteiger partial charge >= 0.3 is 0 Å². The lowest BCUT2D eigenvalue weighted by molar-refractivity contribution is -0.122. The lowest BCUT2D eigenvalue weighted by atomic mass is 9.85. The molecule has 1 heterocycles. The minimum atomic E-state index is 0.123. The van der Waals surface area contributed by atoms with Crippen molar-refractivity contribution in [2.75, 3.05) is 0 Å². The summed E-state index contributed by atoms with van der Waals surface area (Å²) in [6.07, 6.45) is 4.88. The first-order valence-electron chi connectivity index (χ1n) is 9.13. The van der Waals surface area contributed by atoms with Crippen molar-refractivity contribution in [3.8, 4) is 0 Å². The molecule has 1 aromatic carbocycles. The van der Waals surface area contributed by atoms with E-state index in [-0.39, 0.29) is 11.9 Å². The molecule has 0 aliphatic heterocycles. The van der Waals surface area contributed by atoms with Gasteiger partial charge in [0.25, 0.3) is 0 Å². The van der Waals surface area contributed by atoms with Crippen molar-refractivity contribution in [2.24, 2.45) is 0 Å². The fourth-order valence-electron chi connectivity index (χ4n) is 3.99. The smallest absolute Gasteiger partial charge is 0.225 e. The molecule has 0 unspecified atom stereocenters. The van der Waals surface area contributed by atoms with Crippen LogP contribution < -0.4 is 10.6 Å². The van der Waals surface area contributed by atoms with Crippen LogP contribution in [0.3, 0.4) is 0 Å². The zero-order valence-corrected chi connectivity index (χ0v) is 15.7. The predicted octanol–water partition coefficient (Wildman–Crippen LogP) is 2.71. The molecule has 2 aromatic rings. The van der Waals surface area contributed by atoms with Crippen molar-refractivity contribution in [2.45, 2.75) is 64.1 Å². The van der Waals surface area contributed by atoms with Gasteiger partial charge in [0.2, 0.25) is 5.91 Å². The standard InChI is InChI=1S/C20H25N3OS/c1-12-19(25-13(2)21-12)11-20(24)23-18-8-7-17(18)22-16-9-14-5-3-4-6-15(14)10-16/h3-6,16-18,22H,7-11H2,1-2H3,(H,23,24)/t17-,18+/m1/s1. The Morgan fingerprint density at radius 2 is 1.84 bits per heavy atom. The molecule has 4 rings (SSSR count). The number of nitrogens with one attached hydrogen (secondary N) is 2. The second-order valence-corrected chi connectivity index (χ2v) is 8.60. The van der Waals surface area contributed by atoms with Gasteiger partial charge in [0.15, 0.2) is 0 Å². The summed E-state index contributed by atoms with van der Waals surface area (Å²) in [5.74, 6) is 0.123. The SMILES string of the molecule is Cc1nc(C)c(CC(=O)N[C@H]2CC[C@H]2NC2Cc3ccccc3C2)s1. The van der Waals surface area contributed by atoms with Gasteiger partial charge in [-0.3, -0.25) is 4.79 Å². The summed E-state index contributed by atoms with van der Waals surface area (Å²) >= 11 is 1.63. The van der Waals surface area contributed by atoms with Crippen LogP contribution in [0.5, 0.6) is 0 Å². The number of hydrogen-bond donors (Lipinski definition) is 2. The van der Waals surface area contributed by atoms with Crippen LogP contribution >= 0.6 is 11.3 Å². The summed E-state index contributed by atoms with van der Waals surface area (Å²) in [6, 6.07) is 9.90. The van der Waals surface area contributed by atoms with E-state index >= 15 is 0 Å². The average molecular weight is 356 g/mol. The number of carbonyl (C=O) groups excluding carboxylic acids is 1. The first-order chi connectivity index (χ1) is 12.1. The molecule has 0 saturated heterocycles. The van der Waals surface area contributed by atoms with Crippen LogP contribution in [0.2, 0.25) is 0 Å². The third kappa shape index (κ3) is 3.62. The molecule has 1 fully saturated rings. The minimum absolute atomic E-state index is 0.123. The topological polar surface area (TPSA) is 54.0 Å². The van der Waals surface area contributed by atoms with Crippen LogP contribution in [0.1, 0.15) is 39.5 Å². The molecule has 2 atom stereocenters. The fraction of sp³-hybridized carbons (Fsp3) is 0.500. The highest BCUT2D eigenvalue weighted by atomic mass is 32.1. The lowest BCUT2D eigenvalue weighted by Crippen LogP contribution is -2.59. The number of hydrogen-bond acceptors (Lipinski definition) is 4. The Balaban J connectivity index is 1.28. The van der Waals surface area contributed by atoms with Crippen LogP contribution in [0.4, 0.5) is 0 Å². The van der Waals surface area contributed by atoms with E-state index in [1.165, 1.54) is 11.1 Å². The summed E-state index contributed by atoms with van der Waals surface area (Å²) in [7, 11) is 0. The molecule has 25 heavy (non-hydrogen) atoms. The molecule has 2 N–H and O–H groups in total. The van der Waals surface area contributed by atoms with Gasteiger partial charge in [-0.05, 0) is 50.7 Å². The summed E-state index contributed by atoms with van der Waals surface area (Å²) in [6.45, 7) is 3.97. The third-order valence-electron chi connectivity index (χ3n) is 5.44. The molecule has 0 spiro atoms. The van der Waals surface area contributed by atoms with E-state index in [1.807, 2.05) is 13.8 Å².